The third-order valence-corrected chi connectivity index (χ3v) is 9.76. The van der Waals surface area contributed by atoms with Crippen molar-refractivity contribution in [3.63, 3.8) is 0 Å². The normalized spacial score (nSPS) is 11.8. The van der Waals surface area contributed by atoms with Gasteiger partial charge in [0, 0.05) is 40.6 Å². The molecule has 0 heterocycles. The summed E-state index contributed by atoms with van der Waals surface area (Å²) >= 11 is 19.1. The molecular weight excluding hydrogens is 657 g/mol. The lowest BCUT2D eigenvalue weighted by Crippen LogP contribution is -2.53. The predicted octanol–water partition coefficient (Wildman–Crippen LogP) is 6.63. The number of anilines is 1. The molecule has 0 saturated carbocycles. The summed E-state index contributed by atoms with van der Waals surface area (Å²) < 4.78 is 35.2. The molecule has 4 aromatic carbocycles. The van der Waals surface area contributed by atoms with Gasteiger partial charge >= 0.3 is 0 Å². The molecule has 0 aliphatic heterocycles. The standard InChI is InChI=1S/C33H32Cl3N3O5S/c1-3-44-31-15-8-7-14-29(31)39(45(42,43)25-18-16-24(34)17-19-25)22-32(40)38(21-26-27(35)12-9-13-28(26)36)30(33(41)37-2)20-23-10-5-4-6-11-23/h4-19,30H,3,20-22H2,1-2H3,(H,37,41). The molecule has 1 atom stereocenters. The van der Waals surface area contributed by atoms with Crippen LogP contribution in [0.3, 0.4) is 0 Å². The van der Waals surface area contributed by atoms with E-state index in [1.807, 2.05) is 30.3 Å². The highest BCUT2D eigenvalue weighted by molar-refractivity contribution is 7.92. The van der Waals surface area contributed by atoms with Crippen LogP contribution < -0.4 is 14.4 Å². The van der Waals surface area contributed by atoms with E-state index in [-0.39, 0.29) is 35.9 Å². The molecule has 0 aromatic heterocycles. The van der Waals surface area contributed by atoms with Crippen molar-refractivity contribution >= 4 is 62.3 Å². The van der Waals surface area contributed by atoms with E-state index in [1.165, 1.54) is 36.2 Å². The summed E-state index contributed by atoms with van der Waals surface area (Å²) in [6, 6.07) is 25.3. The number of hydrogen-bond acceptors (Lipinski definition) is 5. The third kappa shape index (κ3) is 8.29. The van der Waals surface area contributed by atoms with Crippen LogP contribution in [0.25, 0.3) is 0 Å². The van der Waals surface area contributed by atoms with Gasteiger partial charge in [0.2, 0.25) is 11.8 Å². The maximum absolute atomic E-state index is 14.5. The van der Waals surface area contributed by atoms with Gasteiger partial charge in [-0.3, -0.25) is 13.9 Å². The molecule has 12 heteroatoms. The van der Waals surface area contributed by atoms with E-state index in [0.717, 1.165) is 9.87 Å². The van der Waals surface area contributed by atoms with Gasteiger partial charge in [-0.2, -0.15) is 0 Å². The minimum absolute atomic E-state index is 0.0844. The summed E-state index contributed by atoms with van der Waals surface area (Å²) in [5, 5.41) is 3.58. The van der Waals surface area contributed by atoms with Crippen molar-refractivity contribution in [3.8, 4) is 5.75 Å². The molecule has 8 nitrogen and oxygen atoms in total. The van der Waals surface area contributed by atoms with Crippen LogP contribution in [-0.2, 0) is 32.6 Å². The highest BCUT2D eigenvalue weighted by atomic mass is 35.5. The van der Waals surface area contributed by atoms with E-state index in [4.69, 9.17) is 39.5 Å². The molecule has 0 aliphatic carbocycles. The number of sulfonamides is 1. The molecule has 0 bridgehead atoms. The second kappa shape index (κ2) is 15.5. The van der Waals surface area contributed by atoms with Gasteiger partial charge in [0.15, 0.2) is 0 Å². The number of rotatable bonds is 13. The van der Waals surface area contributed by atoms with E-state index < -0.39 is 34.4 Å². The Bertz CT molecular complexity index is 1720. The van der Waals surface area contributed by atoms with E-state index in [9.17, 15) is 18.0 Å². The summed E-state index contributed by atoms with van der Waals surface area (Å²) in [6.07, 6.45) is 0.147. The average molecular weight is 689 g/mol. The topological polar surface area (TPSA) is 96.0 Å². The number of ether oxygens (including phenoxy) is 1. The number of benzene rings is 4. The van der Waals surface area contributed by atoms with Gasteiger partial charge in [-0.15, -0.1) is 0 Å². The number of nitrogens with zero attached hydrogens (tertiary/aromatic N) is 2. The third-order valence-electron chi connectivity index (χ3n) is 7.02. The van der Waals surface area contributed by atoms with Crippen LogP contribution >= 0.6 is 34.8 Å². The molecule has 0 aliphatic rings. The van der Waals surface area contributed by atoms with Crippen LogP contribution in [0, 0.1) is 0 Å². The highest BCUT2D eigenvalue weighted by Crippen LogP contribution is 2.34. The van der Waals surface area contributed by atoms with Gasteiger partial charge < -0.3 is 15.0 Å². The van der Waals surface area contributed by atoms with Gasteiger partial charge in [0.1, 0.15) is 18.3 Å². The SMILES string of the molecule is CCOc1ccccc1N(CC(=O)N(Cc1c(Cl)cccc1Cl)C(Cc1ccccc1)C(=O)NC)S(=O)(=O)c1ccc(Cl)cc1. The lowest BCUT2D eigenvalue weighted by molar-refractivity contribution is -0.139. The Morgan fingerprint density at radius 2 is 1.47 bits per heavy atom. The molecule has 4 rings (SSSR count). The maximum Gasteiger partial charge on any atom is 0.264 e. The summed E-state index contributed by atoms with van der Waals surface area (Å²) in [7, 11) is -2.87. The Balaban J connectivity index is 1.85. The fourth-order valence-corrected chi connectivity index (χ4v) is 6.83. The molecule has 0 radical (unpaired) electrons. The molecule has 2 amide bonds. The average Bonchev–Trinajstić information content (AvgIpc) is 3.03. The van der Waals surface area contributed by atoms with E-state index in [1.54, 1.807) is 49.4 Å². The monoisotopic (exact) mass is 687 g/mol. The number of halogens is 3. The van der Waals surface area contributed by atoms with Gasteiger partial charge in [0.25, 0.3) is 10.0 Å². The minimum Gasteiger partial charge on any atom is -0.492 e. The molecule has 1 unspecified atom stereocenters. The van der Waals surface area contributed by atoms with Crippen molar-refractivity contribution in [2.24, 2.45) is 0 Å². The van der Waals surface area contributed by atoms with Gasteiger partial charge in [-0.25, -0.2) is 8.42 Å². The van der Waals surface area contributed by atoms with Crippen LogP contribution in [0.2, 0.25) is 15.1 Å². The molecule has 0 spiro atoms. The predicted molar refractivity (Wildman–Crippen MR) is 179 cm³/mol. The van der Waals surface area contributed by atoms with Crippen molar-refractivity contribution in [2.45, 2.75) is 30.8 Å². The fourth-order valence-electron chi connectivity index (χ4n) is 4.76. The molecule has 4 aromatic rings. The number of carbonyl (C=O) groups excluding carboxylic acids is 2. The maximum atomic E-state index is 14.5. The van der Waals surface area contributed by atoms with Crippen molar-refractivity contribution in [1.82, 2.24) is 10.2 Å². The smallest absolute Gasteiger partial charge is 0.264 e. The zero-order valence-electron chi connectivity index (χ0n) is 24.6. The van der Waals surface area contributed by atoms with Crippen LogP contribution in [0.5, 0.6) is 5.75 Å². The summed E-state index contributed by atoms with van der Waals surface area (Å²) in [6.45, 7) is 1.20. The number of para-hydroxylation sites is 2. The largest absolute Gasteiger partial charge is 0.492 e. The van der Waals surface area contributed by atoms with E-state index >= 15 is 0 Å². The number of nitrogens with one attached hydrogen (secondary N) is 1. The minimum atomic E-state index is -4.35. The first-order valence-electron chi connectivity index (χ1n) is 14.0. The lowest BCUT2D eigenvalue weighted by Gasteiger charge is -2.34. The second-order valence-electron chi connectivity index (χ2n) is 9.91. The van der Waals surface area contributed by atoms with Crippen LogP contribution in [-0.4, -0.2) is 51.4 Å². The van der Waals surface area contributed by atoms with Crippen molar-refractivity contribution < 1.29 is 22.7 Å². The van der Waals surface area contributed by atoms with Crippen molar-refractivity contribution in [3.05, 3.63) is 123 Å². The molecule has 45 heavy (non-hydrogen) atoms. The zero-order chi connectivity index (χ0) is 32.6. The molecule has 236 valence electrons. The first-order valence-corrected chi connectivity index (χ1v) is 16.6. The lowest BCUT2D eigenvalue weighted by atomic mass is 10.0. The first kappa shape index (κ1) is 34.1. The quantitative estimate of drug-likeness (QED) is 0.170. The van der Waals surface area contributed by atoms with Crippen molar-refractivity contribution in [1.29, 1.82) is 0 Å². The fraction of sp³-hybridized carbons (Fsp3) is 0.212. The number of hydrogen-bond donors (Lipinski definition) is 1. The summed E-state index contributed by atoms with van der Waals surface area (Å²) in [5.41, 5.74) is 1.36. The number of likely N-dealkylation sites (N-methyl/N-ethyl adjacent to an activating group) is 1. The number of amides is 2. The Morgan fingerprint density at radius 3 is 2.09 bits per heavy atom. The van der Waals surface area contributed by atoms with E-state index in [2.05, 4.69) is 5.32 Å². The molecular formula is C33H32Cl3N3O5S. The highest BCUT2D eigenvalue weighted by Gasteiger charge is 2.35. The van der Waals surface area contributed by atoms with Gasteiger partial charge in [0.05, 0.1) is 17.2 Å². The van der Waals surface area contributed by atoms with Crippen molar-refractivity contribution in [2.75, 3.05) is 24.5 Å². The summed E-state index contributed by atoms with van der Waals surface area (Å²) in [4.78, 5) is 29.2. The molecule has 0 saturated heterocycles. The van der Waals surface area contributed by atoms with E-state index in [0.29, 0.717) is 20.6 Å². The Kier molecular flexibility index (Phi) is 11.7. The van der Waals surface area contributed by atoms with Crippen LogP contribution in [0.1, 0.15) is 18.1 Å². The number of carbonyl (C=O) groups is 2. The Labute approximate surface area is 278 Å². The Morgan fingerprint density at radius 1 is 0.844 bits per heavy atom. The summed E-state index contributed by atoms with van der Waals surface area (Å²) in [5.74, 6) is -0.852. The van der Waals surface area contributed by atoms with Crippen LogP contribution in [0.15, 0.2) is 102 Å². The second-order valence-corrected chi connectivity index (χ2v) is 13.0. The van der Waals surface area contributed by atoms with Gasteiger partial charge in [-0.05, 0) is 61.0 Å². The molecule has 0 fully saturated rings. The van der Waals surface area contributed by atoms with Crippen LogP contribution in [0.4, 0.5) is 5.69 Å². The Hall–Kier alpha value is -3.76. The zero-order valence-corrected chi connectivity index (χ0v) is 27.7. The van der Waals surface area contributed by atoms with Gasteiger partial charge in [-0.1, -0.05) is 83.3 Å². The molecule has 1 N–H and O–H groups in total. The first-order chi connectivity index (χ1) is 21.6.